The van der Waals surface area contributed by atoms with Crippen LogP contribution in [0.3, 0.4) is 0 Å². The van der Waals surface area contributed by atoms with Gasteiger partial charge in [0.25, 0.3) is 0 Å². The third kappa shape index (κ3) is 10.8. The molecule has 24 heavy (non-hydrogen) atoms. The summed E-state index contributed by atoms with van der Waals surface area (Å²) in [7, 11) is 0. The quantitative estimate of drug-likeness (QED) is 0.344. The van der Waals surface area contributed by atoms with Gasteiger partial charge < -0.3 is 26.6 Å². The number of thioether (sulfide) groups is 1. The Morgan fingerprint density at radius 3 is 2.21 bits per heavy atom. The van der Waals surface area contributed by atoms with Crippen LogP contribution in [0.5, 0.6) is 0 Å². The number of rotatable bonds is 10. The molecule has 0 aromatic heterocycles. The molecule has 0 aliphatic carbocycles. The summed E-state index contributed by atoms with van der Waals surface area (Å²) in [5.74, 6) is -3.26. The van der Waals surface area contributed by atoms with E-state index in [1.165, 1.54) is 11.8 Å². The average molecular weight is 363 g/mol. The molecule has 6 N–H and O–H groups in total. The van der Waals surface area contributed by atoms with Gasteiger partial charge in [0.1, 0.15) is 18.6 Å². The van der Waals surface area contributed by atoms with Gasteiger partial charge in [-0.3, -0.25) is 19.2 Å². The van der Waals surface area contributed by atoms with Crippen molar-refractivity contribution < 1.29 is 29.4 Å². The van der Waals surface area contributed by atoms with E-state index in [0.717, 1.165) is 0 Å². The molecule has 138 valence electrons. The summed E-state index contributed by atoms with van der Waals surface area (Å²) in [6.45, 7) is 5.28. The minimum atomic E-state index is -1.21. The third-order valence-corrected chi connectivity index (χ3v) is 4.11. The Balaban J connectivity index is 4.67. The van der Waals surface area contributed by atoms with Crippen molar-refractivity contribution in [1.82, 2.24) is 10.6 Å². The Morgan fingerprint density at radius 2 is 1.75 bits per heavy atom. The average Bonchev–Trinajstić information content (AvgIpc) is 2.45. The molecule has 0 heterocycles. The predicted octanol–water partition coefficient (Wildman–Crippen LogP) is -0.604. The molecule has 0 aromatic rings. The molecule has 0 spiro atoms. The van der Waals surface area contributed by atoms with Gasteiger partial charge >= 0.3 is 11.9 Å². The second-order valence-electron chi connectivity index (χ2n) is 6.14. The first-order valence-electron chi connectivity index (χ1n) is 7.33. The molecule has 2 atom stereocenters. The van der Waals surface area contributed by atoms with Crippen LogP contribution in [0, 0.1) is 0 Å². The first-order valence-corrected chi connectivity index (χ1v) is 8.32. The van der Waals surface area contributed by atoms with Crippen LogP contribution >= 0.6 is 11.8 Å². The smallest absolute Gasteiger partial charge is 0.322 e. The molecule has 0 aromatic carbocycles. The zero-order valence-corrected chi connectivity index (χ0v) is 14.8. The fraction of sp³-hybridized carbons (Fsp3) is 0.714. The van der Waals surface area contributed by atoms with Crippen LogP contribution in [0.15, 0.2) is 0 Å². The summed E-state index contributed by atoms with van der Waals surface area (Å²) in [5, 5.41) is 22.0. The maximum absolute atomic E-state index is 12.0. The summed E-state index contributed by atoms with van der Waals surface area (Å²) in [5.41, 5.74) is 5.32. The zero-order chi connectivity index (χ0) is 18.9. The van der Waals surface area contributed by atoms with Crippen LogP contribution in [0.4, 0.5) is 0 Å². The van der Waals surface area contributed by atoms with E-state index in [0.29, 0.717) is 0 Å². The van der Waals surface area contributed by atoms with Gasteiger partial charge in [0.15, 0.2) is 0 Å². The highest BCUT2D eigenvalue weighted by Gasteiger charge is 2.24. The molecular formula is C14H25N3O6S. The lowest BCUT2D eigenvalue weighted by Crippen LogP contribution is -2.50. The Morgan fingerprint density at radius 1 is 1.17 bits per heavy atom. The number of hydrogen-bond acceptors (Lipinski definition) is 6. The number of nitrogens with two attached hydrogens (primary N) is 1. The second-order valence-corrected chi connectivity index (χ2v) is 7.99. The van der Waals surface area contributed by atoms with Crippen molar-refractivity contribution in [1.29, 1.82) is 0 Å². The van der Waals surface area contributed by atoms with Gasteiger partial charge in [0, 0.05) is 16.9 Å². The Bertz CT molecular complexity index is 478. The predicted molar refractivity (Wildman–Crippen MR) is 89.6 cm³/mol. The van der Waals surface area contributed by atoms with Crippen molar-refractivity contribution in [2.24, 2.45) is 5.73 Å². The highest BCUT2D eigenvalue weighted by molar-refractivity contribution is 8.00. The normalized spacial score (nSPS) is 13.7. The van der Waals surface area contributed by atoms with E-state index in [1.54, 1.807) is 0 Å². The van der Waals surface area contributed by atoms with Crippen LogP contribution in [-0.2, 0) is 19.2 Å². The van der Waals surface area contributed by atoms with Crippen molar-refractivity contribution in [3.05, 3.63) is 0 Å². The fourth-order valence-electron chi connectivity index (χ4n) is 1.48. The molecule has 0 bridgehead atoms. The molecule has 0 radical (unpaired) electrons. The van der Waals surface area contributed by atoms with Crippen molar-refractivity contribution in [2.45, 2.75) is 50.4 Å². The monoisotopic (exact) mass is 363 g/mol. The van der Waals surface area contributed by atoms with E-state index in [9.17, 15) is 19.2 Å². The SMILES string of the molecule is CC(C)(C)SC[C@H](NC(=O)CC[C@H](N)C(=O)O)C(=O)NCC(=O)O. The maximum Gasteiger partial charge on any atom is 0.322 e. The summed E-state index contributed by atoms with van der Waals surface area (Å²) >= 11 is 1.43. The topological polar surface area (TPSA) is 159 Å². The highest BCUT2D eigenvalue weighted by atomic mass is 32.2. The largest absolute Gasteiger partial charge is 0.480 e. The molecule has 0 fully saturated rings. The molecule has 0 saturated carbocycles. The standard InChI is InChI=1S/C14H25N3O6S/c1-14(2,3)24-7-9(12(21)16-6-11(19)20)17-10(18)5-4-8(15)13(22)23/h8-9H,4-7,15H2,1-3H3,(H,16,21)(H,17,18)(H,19,20)(H,22,23)/t8-,9-/m0/s1. The van der Waals surface area contributed by atoms with Crippen LogP contribution in [0.1, 0.15) is 33.6 Å². The number of carboxylic acid groups (broad SMARTS) is 2. The van der Waals surface area contributed by atoms with Gasteiger partial charge in [-0.05, 0) is 6.42 Å². The van der Waals surface area contributed by atoms with E-state index >= 15 is 0 Å². The molecular weight excluding hydrogens is 338 g/mol. The lowest BCUT2D eigenvalue weighted by atomic mass is 10.1. The van der Waals surface area contributed by atoms with Crippen LogP contribution in [-0.4, -0.2) is 63.1 Å². The summed E-state index contributed by atoms with van der Waals surface area (Å²) in [6, 6.07) is -2.07. The first kappa shape index (κ1) is 22.2. The molecule has 0 unspecified atom stereocenters. The minimum absolute atomic E-state index is 0.0585. The Labute approximate surface area is 144 Å². The van der Waals surface area contributed by atoms with Gasteiger partial charge in [0.2, 0.25) is 11.8 Å². The Hall–Kier alpha value is -1.81. The Kier molecular flexibility index (Phi) is 9.37. The summed E-state index contributed by atoms with van der Waals surface area (Å²) in [6.07, 6.45) is -0.201. The number of hydrogen-bond donors (Lipinski definition) is 5. The van der Waals surface area contributed by atoms with Gasteiger partial charge in [-0.15, -0.1) is 0 Å². The number of amides is 2. The summed E-state index contributed by atoms with van der Waals surface area (Å²) < 4.78 is -0.151. The van der Waals surface area contributed by atoms with Crippen molar-refractivity contribution in [3.63, 3.8) is 0 Å². The molecule has 2 amide bonds. The molecule has 0 aliphatic rings. The number of carbonyl (C=O) groups is 4. The lowest BCUT2D eigenvalue weighted by Gasteiger charge is -2.23. The maximum atomic E-state index is 12.0. The number of carboxylic acids is 2. The number of carbonyl (C=O) groups excluding carboxylic acids is 2. The van der Waals surface area contributed by atoms with Crippen LogP contribution in [0.2, 0.25) is 0 Å². The fourth-order valence-corrected chi connectivity index (χ4v) is 2.38. The van der Waals surface area contributed by atoms with Crippen molar-refractivity contribution >= 4 is 35.5 Å². The second kappa shape index (κ2) is 10.1. The lowest BCUT2D eigenvalue weighted by molar-refractivity contribution is -0.139. The van der Waals surface area contributed by atoms with E-state index in [4.69, 9.17) is 15.9 Å². The molecule has 0 rings (SSSR count). The molecule has 10 heteroatoms. The van der Waals surface area contributed by atoms with E-state index in [1.807, 2.05) is 20.8 Å². The van der Waals surface area contributed by atoms with Crippen molar-refractivity contribution in [3.8, 4) is 0 Å². The zero-order valence-electron chi connectivity index (χ0n) is 14.0. The van der Waals surface area contributed by atoms with E-state index in [2.05, 4.69) is 10.6 Å². The molecule has 0 saturated heterocycles. The first-order chi connectivity index (χ1) is 10.9. The van der Waals surface area contributed by atoms with E-state index < -0.39 is 42.4 Å². The van der Waals surface area contributed by atoms with Crippen molar-refractivity contribution in [2.75, 3.05) is 12.3 Å². The molecule has 0 aliphatic heterocycles. The van der Waals surface area contributed by atoms with Crippen LogP contribution < -0.4 is 16.4 Å². The van der Waals surface area contributed by atoms with Crippen LogP contribution in [0.25, 0.3) is 0 Å². The van der Waals surface area contributed by atoms with Gasteiger partial charge in [-0.25, -0.2) is 0 Å². The molecule has 9 nitrogen and oxygen atoms in total. The van der Waals surface area contributed by atoms with E-state index in [-0.39, 0.29) is 23.3 Å². The van der Waals surface area contributed by atoms with Gasteiger partial charge in [0.05, 0.1) is 0 Å². The highest BCUT2D eigenvalue weighted by Crippen LogP contribution is 2.23. The number of nitrogens with one attached hydrogen (secondary N) is 2. The van der Waals surface area contributed by atoms with Gasteiger partial charge in [-0.1, -0.05) is 20.8 Å². The third-order valence-electron chi connectivity index (χ3n) is 2.75. The summed E-state index contributed by atoms with van der Waals surface area (Å²) in [4.78, 5) is 45.1. The number of aliphatic carboxylic acids is 2. The minimum Gasteiger partial charge on any atom is -0.480 e. The van der Waals surface area contributed by atoms with Gasteiger partial charge in [-0.2, -0.15) is 11.8 Å².